The minimum absolute atomic E-state index is 0.0528. The molecule has 1 aliphatic carbocycles. The van der Waals surface area contributed by atoms with Crippen molar-refractivity contribution in [2.75, 3.05) is 0 Å². The van der Waals surface area contributed by atoms with E-state index < -0.39 is 23.6 Å². The Bertz CT molecular complexity index is 984. The molecule has 2 atom stereocenters. The molecule has 0 saturated heterocycles. The summed E-state index contributed by atoms with van der Waals surface area (Å²) in [5.41, 5.74) is 2.85. The van der Waals surface area contributed by atoms with Crippen molar-refractivity contribution in [3.05, 3.63) is 76.9 Å². The van der Waals surface area contributed by atoms with Crippen molar-refractivity contribution in [2.24, 2.45) is 11.1 Å². The maximum atomic E-state index is 12.8. The van der Waals surface area contributed by atoms with Crippen molar-refractivity contribution < 1.29 is 14.4 Å². The van der Waals surface area contributed by atoms with Crippen LogP contribution in [-0.2, 0) is 9.63 Å². The number of carbonyl (C=O) groups is 2. The van der Waals surface area contributed by atoms with Gasteiger partial charge in [0.25, 0.3) is 0 Å². The molecule has 0 fully saturated rings. The van der Waals surface area contributed by atoms with Crippen molar-refractivity contribution in [3.8, 4) is 6.07 Å². The molecule has 0 amide bonds. The molecule has 2 aromatic rings. The number of nitriles is 1. The molecule has 2 aromatic carbocycles. The lowest BCUT2D eigenvalue weighted by atomic mass is 9.89. The maximum absolute atomic E-state index is 12.8. The highest BCUT2D eigenvalue weighted by Gasteiger charge is 2.42. The van der Waals surface area contributed by atoms with E-state index in [0.717, 1.165) is 11.1 Å². The summed E-state index contributed by atoms with van der Waals surface area (Å²) in [5.74, 6) is -2.60. The van der Waals surface area contributed by atoms with Gasteiger partial charge in [-0.05, 0) is 11.6 Å². The first-order valence-electron chi connectivity index (χ1n) is 7.78. The molecule has 1 heterocycles. The Labute approximate surface area is 143 Å². The molecule has 5 nitrogen and oxygen atoms in total. The number of carbonyl (C=O) groups excluding carboxylic acids is 2. The number of ketones is 2. The van der Waals surface area contributed by atoms with Gasteiger partial charge in [-0.15, -0.1) is 0 Å². The van der Waals surface area contributed by atoms with E-state index in [0.29, 0.717) is 11.1 Å². The molecule has 0 bridgehead atoms. The van der Waals surface area contributed by atoms with Crippen LogP contribution in [0.4, 0.5) is 0 Å². The molecule has 0 saturated carbocycles. The number of hydrogen-bond donors (Lipinski definition) is 0. The molecule has 2 aliphatic rings. The van der Waals surface area contributed by atoms with Crippen LogP contribution in [0.1, 0.15) is 27.6 Å². The molecule has 0 radical (unpaired) electrons. The molecule has 5 heteroatoms. The molecular formula is C20H12N2O3. The zero-order chi connectivity index (χ0) is 17.4. The third kappa shape index (κ3) is 2.36. The maximum Gasteiger partial charge on any atom is 0.210 e. The summed E-state index contributed by atoms with van der Waals surface area (Å²) < 4.78 is 0. The first-order valence-corrected chi connectivity index (χ1v) is 7.78. The predicted octanol–water partition coefficient (Wildman–Crippen LogP) is 3.10. The van der Waals surface area contributed by atoms with Crippen LogP contribution in [0, 0.1) is 17.2 Å². The predicted molar refractivity (Wildman–Crippen MR) is 90.6 cm³/mol. The Morgan fingerprint density at radius 2 is 1.76 bits per heavy atom. The van der Waals surface area contributed by atoms with Gasteiger partial charge in [-0.1, -0.05) is 59.8 Å². The van der Waals surface area contributed by atoms with Crippen LogP contribution in [0.5, 0.6) is 0 Å². The van der Waals surface area contributed by atoms with Gasteiger partial charge >= 0.3 is 0 Å². The molecular weight excluding hydrogens is 316 g/mol. The van der Waals surface area contributed by atoms with E-state index >= 15 is 0 Å². The van der Waals surface area contributed by atoms with Gasteiger partial charge in [0.05, 0.1) is 6.07 Å². The third-order valence-electron chi connectivity index (χ3n) is 4.34. The number of Topliss-reactive ketones (excluding diaryl/α,β-unsaturated/α-hetero) is 2. The summed E-state index contributed by atoms with van der Waals surface area (Å²) in [5, 5.41) is 13.3. The molecule has 4 rings (SSSR count). The van der Waals surface area contributed by atoms with Crippen molar-refractivity contribution in [3.63, 3.8) is 0 Å². The van der Waals surface area contributed by atoms with Crippen molar-refractivity contribution in [2.45, 2.75) is 6.10 Å². The summed E-state index contributed by atoms with van der Waals surface area (Å²) in [4.78, 5) is 30.7. The summed E-state index contributed by atoms with van der Waals surface area (Å²) in [6.45, 7) is 0. The monoisotopic (exact) mass is 328 g/mol. The highest BCUT2D eigenvalue weighted by Crippen LogP contribution is 2.42. The minimum atomic E-state index is -1.44. The first-order chi connectivity index (χ1) is 12.2. The third-order valence-corrected chi connectivity index (χ3v) is 4.34. The average Bonchev–Trinajstić information content (AvgIpc) is 3.22. The topological polar surface area (TPSA) is 79.5 Å². The standard InChI is InChI=1S/C20H12N2O3/c21-11-16(18(23)12-6-2-1-3-7-12)19(24)17-15-10-13-8-4-5-9-14(13)20(15)25-22-17/h1-10,16,20H. The average molecular weight is 328 g/mol. The zero-order valence-electron chi connectivity index (χ0n) is 13.0. The molecule has 25 heavy (non-hydrogen) atoms. The van der Waals surface area contributed by atoms with Gasteiger partial charge < -0.3 is 4.84 Å². The van der Waals surface area contributed by atoms with Gasteiger partial charge in [-0.25, -0.2) is 0 Å². The van der Waals surface area contributed by atoms with Crippen molar-refractivity contribution >= 4 is 23.4 Å². The van der Waals surface area contributed by atoms with E-state index in [-0.39, 0.29) is 5.71 Å². The Morgan fingerprint density at radius 3 is 2.52 bits per heavy atom. The second kappa shape index (κ2) is 5.84. The number of oxime groups is 1. The number of hydrogen-bond acceptors (Lipinski definition) is 5. The lowest BCUT2D eigenvalue weighted by Gasteiger charge is -2.08. The molecule has 0 N–H and O–H groups in total. The number of benzene rings is 2. The van der Waals surface area contributed by atoms with Crippen LogP contribution in [0.15, 0.2) is 65.3 Å². The summed E-state index contributed by atoms with van der Waals surface area (Å²) in [6, 6.07) is 17.7. The van der Waals surface area contributed by atoms with Crippen LogP contribution < -0.4 is 0 Å². The van der Waals surface area contributed by atoms with Gasteiger partial charge in [0, 0.05) is 16.7 Å². The largest absolute Gasteiger partial charge is 0.382 e. The van der Waals surface area contributed by atoms with E-state index in [1.54, 1.807) is 30.3 Å². The lowest BCUT2D eigenvalue weighted by molar-refractivity contribution is -0.113. The number of rotatable bonds is 4. The van der Waals surface area contributed by atoms with Crippen LogP contribution in [0.25, 0.3) is 6.08 Å². The summed E-state index contributed by atoms with van der Waals surface area (Å²) in [6.07, 6.45) is 1.38. The van der Waals surface area contributed by atoms with Crippen LogP contribution in [-0.4, -0.2) is 17.3 Å². The van der Waals surface area contributed by atoms with E-state index in [1.165, 1.54) is 0 Å². The first kappa shape index (κ1) is 15.0. The smallest absolute Gasteiger partial charge is 0.210 e. The zero-order valence-corrected chi connectivity index (χ0v) is 13.0. The lowest BCUT2D eigenvalue weighted by Crippen LogP contribution is -2.29. The molecule has 2 unspecified atom stereocenters. The highest BCUT2D eigenvalue weighted by molar-refractivity contribution is 6.51. The Morgan fingerprint density at radius 1 is 1.04 bits per heavy atom. The second-order valence-corrected chi connectivity index (χ2v) is 5.81. The molecule has 0 aromatic heterocycles. The SMILES string of the molecule is N#CC(C(=O)C1=NOC2C1=Cc1ccccc12)C(=O)c1ccccc1. The summed E-state index contributed by atoms with van der Waals surface area (Å²) in [7, 11) is 0. The van der Waals surface area contributed by atoms with Crippen LogP contribution >= 0.6 is 0 Å². The van der Waals surface area contributed by atoms with Crippen molar-refractivity contribution in [1.29, 1.82) is 5.26 Å². The summed E-state index contributed by atoms with van der Waals surface area (Å²) >= 11 is 0. The fourth-order valence-electron chi connectivity index (χ4n) is 3.09. The van der Waals surface area contributed by atoms with Crippen LogP contribution in [0.2, 0.25) is 0 Å². The Balaban J connectivity index is 1.64. The number of fused-ring (bicyclic) bond motifs is 3. The van der Waals surface area contributed by atoms with E-state index in [1.807, 2.05) is 36.4 Å². The molecule has 1 aliphatic heterocycles. The second-order valence-electron chi connectivity index (χ2n) is 5.81. The van der Waals surface area contributed by atoms with Gasteiger partial charge in [-0.2, -0.15) is 5.26 Å². The van der Waals surface area contributed by atoms with Gasteiger partial charge in [-0.3, -0.25) is 9.59 Å². The van der Waals surface area contributed by atoms with Crippen LogP contribution in [0.3, 0.4) is 0 Å². The van der Waals surface area contributed by atoms with Crippen molar-refractivity contribution in [1.82, 2.24) is 0 Å². The van der Waals surface area contributed by atoms with Gasteiger partial charge in [0.15, 0.2) is 23.5 Å². The van der Waals surface area contributed by atoms with E-state index in [4.69, 9.17) is 4.84 Å². The number of nitrogens with zero attached hydrogens (tertiary/aromatic N) is 2. The molecule has 0 spiro atoms. The fourth-order valence-corrected chi connectivity index (χ4v) is 3.09. The Kier molecular flexibility index (Phi) is 3.51. The Hall–Kier alpha value is -3.52. The van der Waals surface area contributed by atoms with E-state index in [2.05, 4.69) is 5.16 Å². The van der Waals surface area contributed by atoms with E-state index in [9.17, 15) is 14.9 Å². The quantitative estimate of drug-likeness (QED) is 0.638. The normalized spacial score (nSPS) is 18.1. The highest BCUT2D eigenvalue weighted by atomic mass is 16.6. The van der Waals surface area contributed by atoms with Gasteiger partial charge in [0.2, 0.25) is 5.78 Å². The minimum Gasteiger partial charge on any atom is -0.382 e. The molecule has 120 valence electrons. The van der Waals surface area contributed by atoms with Gasteiger partial charge in [0.1, 0.15) is 0 Å². The fraction of sp³-hybridized carbons (Fsp3) is 0.100.